The Morgan fingerprint density at radius 1 is 1.12 bits per heavy atom. The SMILES string of the molecule is C=C(C)CN(CC)CC(=O)NCCNC(C)=O. The Hall–Kier alpha value is -1.36. The van der Waals surface area contributed by atoms with Gasteiger partial charge in [-0.1, -0.05) is 19.1 Å². The number of nitrogens with one attached hydrogen (secondary N) is 2. The predicted molar refractivity (Wildman–Crippen MR) is 68.6 cm³/mol. The summed E-state index contributed by atoms with van der Waals surface area (Å²) in [7, 11) is 0. The minimum absolute atomic E-state index is 0.0292. The molecule has 0 spiro atoms. The van der Waals surface area contributed by atoms with Crippen molar-refractivity contribution in [2.75, 3.05) is 32.7 Å². The number of carbonyl (C=O) groups excluding carboxylic acids is 2. The monoisotopic (exact) mass is 241 g/mol. The summed E-state index contributed by atoms with van der Waals surface area (Å²) in [6, 6.07) is 0. The van der Waals surface area contributed by atoms with E-state index in [0.29, 0.717) is 19.6 Å². The van der Waals surface area contributed by atoms with Crippen molar-refractivity contribution in [1.82, 2.24) is 15.5 Å². The maximum absolute atomic E-state index is 11.5. The second-order valence-electron chi connectivity index (χ2n) is 4.09. The first-order valence-electron chi connectivity index (χ1n) is 5.83. The molecule has 5 heteroatoms. The summed E-state index contributed by atoms with van der Waals surface area (Å²) in [5, 5.41) is 5.37. The molecule has 0 atom stereocenters. The Morgan fingerprint density at radius 2 is 1.71 bits per heavy atom. The van der Waals surface area contributed by atoms with E-state index >= 15 is 0 Å². The van der Waals surface area contributed by atoms with E-state index in [0.717, 1.165) is 18.7 Å². The average Bonchev–Trinajstić information content (AvgIpc) is 2.22. The van der Waals surface area contributed by atoms with Gasteiger partial charge in [0, 0.05) is 26.6 Å². The Bertz CT molecular complexity index is 277. The van der Waals surface area contributed by atoms with Crippen molar-refractivity contribution in [2.24, 2.45) is 0 Å². The molecular formula is C12H23N3O2. The zero-order chi connectivity index (χ0) is 13.3. The first-order chi connectivity index (χ1) is 7.95. The molecule has 0 unspecified atom stereocenters. The number of hydrogen-bond donors (Lipinski definition) is 2. The number of amides is 2. The van der Waals surface area contributed by atoms with Crippen LogP contribution in [0.4, 0.5) is 0 Å². The van der Waals surface area contributed by atoms with Crippen LogP contribution in [0.15, 0.2) is 12.2 Å². The van der Waals surface area contributed by atoms with E-state index in [2.05, 4.69) is 17.2 Å². The molecule has 0 aromatic rings. The zero-order valence-corrected chi connectivity index (χ0v) is 11.0. The Morgan fingerprint density at radius 3 is 2.18 bits per heavy atom. The summed E-state index contributed by atoms with van der Waals surface area (Å²) in [6.07, 6.45) is 0. The highest BCUT2D eigenvalue weighted by Crippen LogP contribution is 1.94. The second-order valence-corrected chi connectivity index (χ2v) is 4.09. The van der Waals surface area contributed by atoms with Gasteiger partial charge in [-0.25, -0.2) is 0 Å². The van der Waals surface area contributed by atoms with Crippen LogP contribution in [-0.4, -0.2) is 49.4 Å². The molecule has 0 aliphatic rings. The molecule has 0 aromatic carbocycles. The van der Waals surface area contributed by atoms with Crippen LogP contribution in [0.25, 0.3) is 0 Å². The minimum atomic E-state index is -0.0864. The summed E-state index contributed by atoms with van der Waals surface area (Å²) in [6.45, 7) is 12.1. The lowest BCUT2D eigenvalue weighted by Gasteiger charge is -2.19. The van der Waals surface area contributed by atoms with E-state index in [1.54, 1.807) is 0 Å². The van der Waals surface area contributed by atoms with Gasteiger partial charge in [0.25, 0.3) is 0 Å². The lowest BCUT2D eigenvalue weighted by Crippen LogP contribution is -2.40. The third-order valence-corrected chi connectivity index (χ3v) is 2.13. The predicted octanol–water partition coefficient (Wildman–Crippen LogP) is 0.137. The quantitative estimate of drug-likeness (QED) is 0.469. The van der Waals surface area contributed by atoms with Crippen LogP contribution in [0.3, 0.4) is 0 Å². The van der Waals surface area contributed by atoms with Crippen molar-refractivity contribution in [3.8, 4) is 0 Å². The van der Waals surface area contributed by atoms with E-state index in [9.17, 15) is 9.59 Å². The molecule has 17 heavy (non-hydrogen) atoms. The third-order valence-electron chi connectivity index (χ3n) is 2.13. The zero-order valence-electron chi connectivity index (χ0n) is 11.0. The summed E-state index contributed by atoms with van der Waals surface area (Å²) in [4.78, 5) is 24.1. The molecule has 0 rings (SSSR count). The van der Waals surface area contributed by atoms with Gasteiger partial charge in [0.2, 0.25) is 11.8 Å². The lowest BCUT2D eigenvalue weighted by molar-refractivity contribution is -0.122. The van der Waals surface area contributed by atoms with Gasteiger partial charge in [0.05, 0.1) is 6.54 Å². The van der Waals surface area contributed by atoms with Gasteiger partial charge in [-0.15, -0.1) is 0 Å². The van der Waals surface area contributed by atoms with Gasteiger partial charge in [-0.2, -0.15) is 0 Å². The fraction of sp³-hybridized carbons (Fsp3) is 0.667. The number of likely N-dealkylation sites (N-methyl/N-ethyl adjacent to an activating group) is 1. The van der Waals surface area contributed by atoms with Crippen LogP contribution in [0.5, 0.6) is 0 Å². The highest BCUT2D eigenvalue weighted by atomic mass is 16.2. The number of nitrogens with zero attached hydrogens (tertiary/aromatic N) is 1. The first-order valence-corrected chi connectivity index (χ1v) is 5.83. The fourth-order valence-corrected chi connectivity index (χ4v) is 1.36. The molecule has 0 saturated heterocycles. The van der Waals surface area contributed by atoms with Crippen molar-refractivity contribution in [3.63, 3.8) is 0 Å². The van der Waals surface area contributed by atoms with Crippen LogP contribution < -0.4 is 10.6 Å². The standard InChI is InChI=1S/C12H23N3O2/c1-5-15(8-10(2)3)9-12(17)14-7-6-13-11(4)16/h2,5-9H2,1,3-4H3,(H,13,16)(H,14,17). The van der Waals surface area contributed by atoms with Crippen molar-refractivity contribution in [2.45, 2.75) is 20.8 Å². The Kier molecular flexibility index (Phi) is 8.05. The summed E-state index contributed by atoms with van der Waals surface area (Å²) >= 11 is 0. The van der Waals surface area contributed by atoms with Gasteiger partial charge in [0.15, 0.2) is 0 Å². The van der Waals surface area contributed by atoms with E-state index in [1.165, 1.54) is 6.92 Å². The molecule has 0 saturated carbocycles. The molecule has 5 nitrogen and oxygen atoms in total. The van der Waals surface area contributed by atoms with E-state index in [4.69, 9.17) is 0 Å². The highest BCUT2D eigenvalue weighted by molar-refractivity contribution is 5.78. The van der Waals surface area contributed by atoms with Crippen molar-refractivity contribution in [3.05, 3.63) is 12.2 Å². The topological polar surface area (TPSA) is 61.4 Å². The van der Waals surface area contributed by atoms with Gasteiger partial charge >= 0.3 is 0 Å². The molecule has 0 aromatic heterocycles. The molecule has 0 heterocycles. The van der Waals surface area contributed by atoms with Gasteiger partial charge < -0.3 is 10.6 Å². The molecule has 2 N–H and O–H groups in total. The molecule has 0 aliphatic heterocycles. The molecular weight excluding hydrogens is 218 g/mol. The molecule has 0 aliphatic carbocycles. The van der Waals surface area contributed by atoms with E-state index < -0.39 is 0 Å². The maximum Gasteiger partial charge on any atom is 0.234 e. The smallest absolute Gasteiger partial charge is 0.234 e. The van der Waals surface area contributed by atoms with Crippen LogP contribution in [-0.2, 0) is 9.59 Å². The summed E-state index contributed by atoms with van der Waals surface area (Å²) < 4.78 is 0. The normalized spacial score (nSPS) is 10.1. The van der Waals surface area contributed by atoms with Crippen molar-refractivity contribution in [1.29, 1.82) is 0 Å². The maximum atomic E-state index is 11.5. The molecule has 2 amide bonds. The molecule has 0 fully saturated rings. The third kappa shape index (κ3) is 9.56. The Balaban J connectivity index is 3.75. The van der Waals surface area contributed by atoms with Crippen molar-refractivity contribution < 1.29 is 9.59 Å². The van der Waals surface area contributed by atoms with Crippen LogP contribution in [0.1, 0.15) is 20.8 Å². The minimum Gasteiger partial charge on any atom is -0.355 e. The van der Waals surface area contributed by atoms with Gasteiger partial charge in [-0.3, -0.25) is 14.5 Å². The molecule has 98 valence electrons. The second kappa shape index (κ2) is 8.75. The van der Waals surface area contributed by atoms with Gasteiger partial charge in [-0.05, 0) is 13.5 Å². The summed E-state index contributed by atoms with van der Waals surface area (Å²) in [5.41, 5.74) is 1.04. The fourth-order valence-electron chi connectivity index (χ4n) is 1.36. The number of rotatable bonds is 8. The van der Waals surface area contributed by atoms with E-state index in [-0.39, 0.29) is 11.8 Å². The summed E-state index contributed by atoms with van der Waals surface area (Å²) in [5.74, 6) is -0.116. The Labute approximate surface area is 103 Å². The van der Waals surface area contributed by atoms with E-state index in [1.807, 2.05) is 18.7 Å². The molecule has 0 bridgehead atoms. The lowest BCUT2D eigenvalue weighted by atomic mass is 10.3. The number of hydrogen-bond acceptors (Lipinski definition) is 3. The van der Waals surface area contributed by atoms with Crippen LogP contribution in [0, 0.1) is 0 Å². The molecule has 0 radical (unpaired) electrons. The van der Waals surface area contributed by atoms with Crippen molar-refractivity contribution >= 4 is 11.8 Å². The van der Waals surface area contributed by atoms with Gasteiger partial charge in [0.1, 0.15) is 0 Å². The average molecular weight is 241 g/mol. The van der Waals surface area contributed by atoms with Crippen LogP contribution in [0.2, 0.25) is 0 Å². The number of carbonyl (C=O) groups is 2. The largest absolute Gasteiger partial charge is 0.355 e. The van der Waals surface area contributed by atoms with Crippen LogP contribution >= 0.6 is 0 Å². The highest BCUT2D eigenvalue weighted by Gasteiger charge is 2.08. The first kappa shape index (κ1) is 15.6.